The fraction of sp³-hybridized carbons (Fsp3) is 0.556. The van der Waals surface area contributed by atoms with E-state index in [9.17, 15) is 0 Å². The summed E-state index contributed by atoms with van der Waals surface area (Å²) in [4.78, 5) is 0. The maximum absolute atomic E-state index is 4.02. The summed E-state index contributed by atoms with van der Waals surface area (Å²) in [5.41, 5.74) is 2.54. The number of rotatable bonds is 2. The van der Waals surface area contributed by atoms with Crippen molar-refractivity contribution in [3.05, 3.63) is 18.0 Å². The molecular formula is C9H14N4. The van der Waals surface area contributed by atoms with Gasteiger partial charge in [-0.05, 0) is 25.5 Å². The summed E-state index contributed by atoms with van der Waals surface area (Å²) < 4.78 is 1.94. The standard InChI is InChI=1S/C9H14N4/c1-2-13-9(7-11-12-13)8-3-5-10-6-4-8/h3,7,10H,2,4-6H2,1H3. The minimum Gasteiger partial charge on any atom is -0.313 e. The maximum atomic E-state index is 4.02. The van der Waals surface area contributed by atoms with Crippen LogP contribution in [0.15, 0.2) is 12.3 Å². The summed E-state index contributed by atoms with van der Waals surface area (Å²) in [7, 11) is 0. The molecule has 0 bridgehead atoms. The average Bonchev–Trinajstić information content (AvgIpc) is 2.67. The lowest BCUT2D eigenvalue weighted by molar-refractivity contribution is 0.615. The van der Waals surface area contributed by atoms with Crippen molar-refractivity contribution in [2.45, 2.75) is 19.9 Å². The molecule has 0 saturated carbocycles. The molecule has 2 rings (SSSR count). The third-order valence-electron chi connectivity index (χ3n) is 2.31. The van der Waals surface area contributed by atoms with Crippen molar-refractivity contribution >= 4 is 5.57 Å². The predicted octanol–water partition coefficient (Wildman–Crippen LogP) is 0.675. The van der Waals surface area contributed by atoms with Crippen molar-refractivity contribution in [3.63, 3.8) is 0 Å². The first-order valence-corrected chi connectivity index (χ1v) is 4.70. The minimum atomic E-state index is 0.889. The Bertz CT molecular complexity index is 313. The van der Waals surface area contributed by atoms with Crippen LogP contribution < -0.4 is 5.32 Å². The Balaban J connectivity index is 2.28. The second-order valence-corrected chi connectivity index (χ2v) is 3.12. The molecule has 13 heavy (non-hydrogen) atoms. The summed E-state index contributed by atoms with van der Waals surface area (Å²) in [5.74, 6) is 0. The second-order valence-electron chi connectivity index (χ2n) is 3.12. The van der Waals surface area contributed by atoms with Gasteiger partial charge in [0.1, 0.15) is 0 Å². The van der Waals surface area contributed by atoms with Crippen LogP contribution in [0.4, 0.5) is 0 Å². The van der Waals surface area contributed by atoms with Crippen LogP contribution in [0.5, 0.6) is 0 Å². The smallest absolute Gasteiger partial charge is 0.0842 e. The van der Waals surface area contributed by atoms with Crippen LogP contribution in [0.2, 0.25) is 0 Å². The molecule has 4 nitrogen and oxygen atoms in total. The van der Waals surface area contributed by atoms with E-state index in [2.05, 4.69) is 28.6 Å². The highest BCUT2D eigenvalue weighted by atomic mass is 15.4. The van der Waals surface area contributed by atoms with E-state index >= 15 is 0 Å². The van der Waals surface area contributed by atoms with Gasteiger partial charge in [-0.15, -0.1) is 5.10 Å². The van der Waals surface area contributed by atoms with E-state index in [-0.39, 0.29) is 0 Å². The van der Waals surface area contributed by atoms with Crippen LogP contribution in [0, 0.1) is 0 Å². The van der Waals surface area contributed by atoms with Gasteiger partial charge in [-0.3, -0.25) is 0 Å². The Hall–Kier alpha value is -1.16. The zero-order chi connectivity index (χ0) is 9.10. The van der Waals surface area contributed by atoms with E-state index in [4.69, 9.17) is 0 Å². The Morgan fingerprint density at radius 1 is 1.62 bits per heavy atom. The Kier molecular flexibility index (Phi) is 2.40. The molecule has 0 radical (unpaired) electrons. The van der Waals surface area contributed by atoms with Gasteiger partial charge in [0.05, 0.1) is 11.9 Å². The van der Waals surface area contributed by atoms with Crippen molar-refractivity contribution in [1.29, 1.82) is 0 Å². The monoisotopic (exact) mass is 178 g/mol. The molecule has 1 aliphatic rings. The number of nitrogens with one attached hydrogen (secondary N) is 1. The highest BCUT2D eigenvalue weighted by Crippen LogP contribution is 2.17. The number of aromatic nitrogens is 3. The molecule has 0 unspecified atom stereocenters. The molecule has 1 N–H and O–H groups in total. The van der Waals surface area contributed by atoms with Crippen molar-refractivity contribution < 1.29 is 0 Å². The fourth-order valence-corrected chi connectivity index (χ4v) is 1.60. The van der Waals surface area contributed by atoms with Crippen molar-refractivity contribution in [2.75, 3.05) is 13.1 Å². The van der Waals surface area contributed by atoms with Gasteiger partial charge in [0.2, 0.25) is 0 Å². The van der Waals surface area contributed by atoms with Gasteiger partial charge >= 0.3 is 0 Å². The van der Waals surface area contributed by atoms with Crippen LogP contribution in [-0.2, 0) is 6.54 Å². The quantitative estimate of drug-likeness (QED) is 0.724. The van der Waals surface area contributed by atoms with Gasteiger partial charge in [0, 0.05) is 13.1 Å². The van der Waals surface area contributed by atoms with Crippen LogP contribution >= 0.6 is 0 Å². The predicted molar refractivity (Wildman–Crippen MR) is 51.2 cm³/mol. The van der Waals surface area contributed by atoms with E-state index in [1.54, 1.807) is 0 Å². The molecule has 4 heteroatoms. The lowest BCUT2D eigenvalue weighted by atomic mass is 10.1. The van der Waals surface area contributed by atoms with E-state index < -0.39 is 0 Å². The van der Waals surface area contributed by atoms with Crippen LogP contribution in [0.1, 0.15) is 19.0 Å². The first-order valence-electron chi connectivity index (χ1n) is 4.70. The molecule has 0 aromatic carbocycles. The summed E-state index contributed by atoms with van der Waals surface area (Å²) >= 11 is 0. The van der Waals surface area contributed by atoms with Gasteiger partial charge in [-0.2, -0.15) is 0 Å². The minimum absolute atomic E-state index is 0.889. The zero-order valence-corrected chi connectivity index (χ0v) is 7.82. The molecule has 0 spiro atoms. The highest BCUT2D eigenvalue weighted by Gasteiger charge is 2.10. The molecular weight excluding hydrogens is 164 g/mol. The summed E-state index contributed by atoms with van der Waals surface area (Å²) in [5, 5.41) is 11.2. The van der Waals surface area contributed by atoms with Crippen LogP contribution in [0.25, 0.3) is 5.57 Å². The lowest BCUT2D eigenvalue weighted by Crippen LogP contribution is -2.20. The molecule has 1 aliphatic heterocycles. The maximum Gasteiger partial charge on any atom is 0.0842 e. The largest absolute Gasteiger partial charge is 0.313 e. The summed E-state index contributed by atoms with van der Waals surface area (Å²) in [6.45, 7) is 4.99. The molecule has 0 fully saturated rings. The number of hydrogen-bond acceptors (Lipinski definition) is 3. The summed E-state index contributed by atoms with van der Waals surface area (Å²) in [6.07, 6.45) is 5.14. The molecule has 2 heterocycles. The van der Waals surface area contributed by atoms with E-state index in [1.807, 2.05) is 10.9 Å². The normalized spacial score (nSPS) is 17.2. The second kappa shape index (κ2) is 3.70. The lowest BCUT2D eigenvalue weighted by Gasteiger charge is -2.13. The molecule has 0 aliphatic carbocycles. The van der Waals surface area contributed by atoms with Crippen molar-refractivity contribution in [3.8, 4) is 0 Å². The van der Waals surface area contributed by atoms with E-state index in [0.717, 1.165) is 26.1 Å². The van der Waals surface area contributed by atoms with Gasteiger partial charge in [0.25, 0.3) is 0 Å². The van der Waals surface area contributed by atoms with Gasteiger partial charge in [-0.1, -0.05) is 11.3 Å². The molecule has 0 amide bonds. The Labute approximate surface area is 77.6 Å². The third kappa shape index (κ3) is 1.62. The highest BCUT2D eigenvalue weighted by molar-refractivity contribution is 5.63. The topological polar surface area (TPSA) is 42.7 Å². The first kappa shape index (κ1) is 8.44. The van der Waals surface area contributed by atoms with Gasteiger partial charge in [0.15, 0.2) is 0 Å². The molecule has 0 atom stereocenters. The van der Waals surface area contributed by atoms with Crippen LogP contribution in [0.3, 0.4) is 0 Å². The number of aryl methyl sites for hydroxylation is 1. The van der Waals surface area contributed by atoms with Crippen molar-refractivity contribution in [1.82, 2.24) is 20.3 Å². The van der Waals surface area contributed by atoms with Gasteiger partial charge in [-0.25, -0.2) is 4.68 Å². The summed E-state index contributed by atoms with van der Waals surface area (Å²) in [6, 6.07) is 0. The Morgan fingerprint density at radius 2 is 2.54 bits per heavy atom. The molecule has 70 valence electrons. The van der Waals surface area contributed by atoms with E-state index in [0.29, 0.717) is 0 Å². The first-order chi connectivity index (χ1) is 6.42. The average molecular weight is 178 g/mol. The van der Waals surface area contributed by atoms with E-state index in [1.165, 1.54) is 11.3 Å². The SMILES string of the molecule is CCn1nncc1C1=CCNCC1. The van der Waals surface area contributed by atoms with Crippen LogP contribution in [-0.4, -0.2) is 28.1 Å². The molecule has 1 aromatic rings. The molecule has 0 saturated heterocycles. The van der Waals surface area contributed by atoms with Crippen molar-refractivity contribution in [2.24, 2.45) is 0 Å². The Morgan fingerprint density at radius 3 is 3.23 bits per heavy atom. The zero-order valence-electron chi connectivity index (χ0n) is 7.82. The third-order valence-corrected chi connectivity index (χ3v) is 2.31. The number of nitrogens with zero attached hydrogens (tertiary/aromatic N) is 3. The number of hydrogen-bond donors (Lipinski definition) is 1. The van der Waals surface area contributed by atoms with Gasteiger partial charge < -0.3 is 5.32 Å². The molecule has 1 aromatic heterocycles. The fourth-order valence-electron chi connectivity index (χ4n) is 1.60.